The number of carbonyl (C=O) groups excluding carboxylic acids is 2. The number of aliphatic hydroxyl groups is 3. The van der Waals surface area contributed by atoms with Crippen molar-refractivity contribution in [2.75, 3.05) is 19.0 Å². The van der Waals surface area contributed by atoms with Gasteiger partial charge in [0.1, 0.15) is 36.8 Å². The zero-order valence-corrected chi connectivity index (χ0v) is 45.5. The summed E-state index contributed by atoms with van der Waals surface area (Å²) in [4.78, 5) is 25.6. The lowest BCUT2D eigenvalue weighted by atomic mass is 10.00. The Morgan fingerprint density at radius 2 is 0.857 bits per heavy atom. The summed E-state index contributed by atoms with van der Waals surface area (Å²) in [6.07, 6.45) is 46.5. The van der Waals surface area contributed by atoms with E-state index in [9.17, 15) is 37.9 Å². The van der Waals surface area contributed by atoms with E-state index in [0.29, 0.717) is 12.8 Å². The maximum atomic E-state index is 12.9. The largest absolute Gasteiger partial charge is 0.462 e. The number of allylic oxidation sites excluding steroid dienone is 4. The summed E-state index contributed by atoms with van der Waals surface area (Å²) in [7, 11) is -4.61. The Labute approximate surface area is 428 Å². The van der Waals surface area contributed by atoms with Gasteiger partial charge in [-0.15, -0.1) is 0 Å². The second-order valence-electron chi connectivity index (χ2n) is 20.3. The lowest BCUT2D eigenvalue weighted by Crippen LogP contribution is -2.60. The van der Waals surface area contributed by atoms with Crippen LogP contribution in [0.3, 0.4) is 0 Å². The van der Waals surface area contributed by atoms with E-state index < -0.39 is 71.2 Å². The molecule has 6 unspecified atom stereocenters. The second kappa shape index (κ2) is 46.9. The summed E-state index contributed by atoms with van der Waals surface area (Å²) in [5, 5.41) is 31.1. The van der Waals surface area contributed by atoms with Gasteiger partial charge in [-0.1, -0.05) is 237 Å². The average Bonchev–Trinajstić information content (AvgIpc) is 3.33. The van der Waals surface area contributed by atoms with E-state index >= 15 is 0 Å². The summed E-state index contributed by atoms with van der Waals surface area (Å²) in [5.74, 6) is -1.97. The average molecular weight is 1020 g/mol. The minimum absolute atomic E-state index is 0.163. The van der Waals surface area contributed by atoms with E-state index in [4.69, 9.17) is 18.9 Å². The fraction of sp³-hybridized carbons (Fsp3) is 0.895. The molecule has 412 valence electrons. The molecule has 0 saturated carbocycles. The predicted octanol–water partition coefficient (Wildman–Crippen LogP) is 13.9. The first-order chi connectivity index (χ1) is 34.0. The summed E-state index contributed by atoms with van der Waals surface area (Å²) >= 11 is 0. The van der Waals surface area contributed by atoms with Crippen molar-refractivity contribution in [3.05, 3.63) is 24.3 Å². The predicted molar refractivity (Wildman–Crippen MR) is 284 cm³/mol. The first kappa shape index (κ1) is 66.1. The molecule has 13 heteroatoms. The van der Waals surface area contributed by atoms with E-state index in [1.54, 1.807) is 0 Å². The molecule has 0 spiro atoms. The second-order valence-corrected chi connectivity index (χ2v) is 21.8. The molecule has 1 rings (SSSR count). The molecule has 1 saturated heterocycles. The van der Waals surface area contributed by atoms with Gasteiger partial charge in [0.15, 0.2) is 12.4 Å². The Balaban J connectivity index is 2.29. The molecule has 0 radical (unpaired) electrons. The Bertz CT molecular complexity index is 1370. The van der Waals surface area contributed by atoms with Crippen molar-refractivity contribution >= 4 is 22.1 Å². The maximum Gasteiger partial charge on any atom is 0.306 e. The van der Waals surface area contributed by atoms with E-state index in [2.05, 4.69) is 38.2 Å². The first-order valence-corrected chi connectivity index (χ1v) is 30.5. The molecule has 0 aromatic carbocycles. The molecule has 0 amide bonds. The van der Waals surface area contributed by atoms with Crippen molar-refractivity contribution in [1.82, 2.24) is 0 Å². The number of hydrogen-bond acceptors (Lipinski definition) is 11. The zero-order chi connectivity index (χ0) is 51.2. The highest BCUT2D eigenvalue weighted by molar-refractivity contribution is 7.85. The highest BCUT2D eigenvalue weighted by Crippen LogP contribution is 2.24. The fourth-order valence-corrected chi connectivity index (χ4v) is 9.75. The lowest BCUT2D eigenvalue weighted by molar-refractivity contribution is -0.297. The molecule has 0 aliphatic carbocycles. The fourth-order valence-electron chi connectivity index (χ4n) is 9.06. The third kappa shape index (κ3) is 40.6. The van der Waals surface area contributed by atoms with Crippen LogP contribution < -0.4 is 0 Å². The normalized spacial score (nSPS) is 19.1. The van der Waals surface area contributed by atoms with Gasteiger partial charge in [0.05, 0.1) is 6.61 Å². The van der Waals surface area contributed by atoms with Crippen molar-refractivity contribution in [3.8, 4) is 0 Å². The molecule has 1 aliphatic heterocycles. The summed E-state index contributed by atoms with van der Waals surface area (Å²) < 4.78 is 54.4. The highest BCUT2D eigenvalue weighted by atomic mass is 32.2. The van der Waals surface area contributed by atoms with E-state index in [0.717, 1.165) is 51.4 Å². The Hall–Kier alpha value is -1.87. The van der Waals surface area contributed by atoms with E-state index in [1.165, 1.54) is 180 Å². The van der Waals surface area contributed by atoms with Gasteiger partial charge in [0.2, 0.25) is 0 Å². The Kier molecular flexibility index (Phi) is 44.3. The number of carbonyl (C=O) groups is 2. The standard InChI is InChI=1S/C57H106O12S/c1-3-5-7-9-11-13-15-17-19-21-23-24-25-26-28-29-31-33-35-37-39-41-43-45-52(58)66-47-50(48-67-57-56(62)55(61)54(60)51(69-57)49-70(63,64)65)68-53(59)46-44-42-40-38-36-34-32-30-27-22-20-18-16-14-12-10-8-6-4-2/h12,14,18,20,50-51,54-57,60-62H,3-11,13,15-17,19,21-49H2,1-2H3,(H,63,64,65)/b14-12-,20-18-. The van der Waals surface area contributed by atoms with Gasteiger partial charge in [-0.05, 0) is 44.9 Å². The minimum Gasteiger partial charge on any atom is -0.462 e. The van der Waals surface area contributed by atoms with Gasteiger partial charge in [-0.25, -0.2) is 0 Å². The highest BCUT2D eigenvalue weighted by Gasteiger charge is 2.46. The molecular formula is C57H106O12S. The molecule has 6 atom stereocenters. The smallest absolute Gasteiger partial charge is 0.306 e. The van der Waals surface area contributed by atoms with Crippen LogP contribution in [0.25, 0.3) is 0 Å². The van der Waals surface area contributed by atoms with Crippen LogP contribution in [0.15, 0.2) is 24.3 Å². The molecule has 1 fully saturated rings. The molecule has 1 heterocycles. The monoisotopic (exact) mass is 1010 g/mol. The van der Waals surface area contributed by atoms with E-state index in [1.807, 2.05) is 0 Å². The van der Waals surface area contributed by atoms with Gasteiger partial charge < -0.3 is 34.3 Å². The summed E-state index contributed by atoms with van der Waals surface area (Å²) in [6, 6.07) is 0. The number of ether oxygens (including phenoxy) is 4. The molecule has 70 heavy (non-hydrogen) atoms. The molecule has 0 aromatic rings. The maximum absolute atomic E-state index is 12.9. The molecule has 4 N–H and O–H groups in total. The number of rotatable bonds is 50. The van der Waals surface area contributed by atoms with Crippen LogP contribution >= 0.6 is 0 Å². The lowest BCUT2D eigenvalue weighted by Gasteiger charge is -2.40. The van der Waals surface area contributed by atoms with Crippen LogP contribution in [-0.2, 0) is 38.7 Å². The quantitative estimate of drug-likeness (QED) is 0.0196. The van der Waals surface area contributed by atoms with Gasteiger partial charge in [0, 0.05) is 12.8 Å². The SMILES string of the molecule is CCCCC/C=C\C/C=C\CCCCCCCCCCCC(=O)OC(COC(=O)CCCCCCCCCCCCCCCCCCCCCCCCC)COC1OC(CS(=O)(=O)O)C(O)C(O)C1O. The van der Waals surface area contributed by atoms with Crippen LogP contribution in [0.5, 0.6) is 0 Å². The minimum atomic E-state index is -4.61. The molecular weight excluding hydrogens is 909 g/mol. The first-order valence-electron chi connectivity index (χ1n) is 28.9. The zero-order valence-electron chi connectivity index (χ0n) is 44.6. The number of aliphatic hydroxyl groups excluding tert-OH is 3. The van der Waals surface area contributed by atoms with Crippen molar-refractivity contribution < 1.29 is 56.8 Å². The third-order valence-electron chi connectivity index (χ3n) is 13.5. The molecule has 0 aromatic heterocycles. The number of hydrogen-bond donors (Lipinski definition) is 4. The molecule has 0 bridgehead atoms. The third-order valence-corrected chi connectivity index (χ3v) is 14.3. The topological polar surface area (TPSA) is 186 Å². The summed E-state index contributed by atoms with van der Waals surface area (Å²) in [5.41, 5.74) is 0. The van der Waals surface area contributed by atoms with Crippen LogP contribution in [0.1, 0.15) is 271 Å². The van der Waals surface area contributed by atoms with Gasteiger partial charge >= 0.3 is 11.9 Å². The van der Waals surface area contributed by atoms with Gasteiger partial charge in [0.25, 0.3) is 10.1 Å². The summed E-state index contributed by atoms with van der Waals surface area (Å²) in [6.45, 7) is 3.79. The molecule has 12 nitrogen and oxygen atoms in total. The van der Waals surface area contributed by atoms with Crippen LogP contribution in [0.4, 0.5) is 0 Å². The number of unbranched alkanes of at least 4 members (excludes halogenated alkanes) is 34. The number of esters is 2. The van der Waals surface area contributed by atoms with Gasteiger partial charge in [-0.2, -0.15) is 8.42 Å². The van der Waals surface area contributed by atoms with Crippen molar-refractivity contribution in [1.29, 1.82) is 0 Å². The Morgan fingerprint density at radius 1 is 0.486 bits per heavy atom. The Morgan fingerprint density at radius 3 is 1.29 bits per heavy atom. The van der Waals surface area contributed by atoms with Crippen LogP contribution in [0.2, 0.25) is 0 Å². The molecule has 1 aliphatic rings. The van der Waals surface area contributed by atoms with Crippen molar-refractivity contribution in [3.63, 3.8) is 0 Å². The van der Waals surface area contributed by atoms with Crippen molar-refractivity contribution in [2.45, 2.75) is 307 Å². The van der Waals surface area contributed by atoms with Crippen LogP contribution in [0, 0.1) is 0 Å². The van der Waals surface area contributed by atoms with Crippen LogP contribution in [-0.4, -0.2) is 96.0 Å². The van der Waals surface area contributed by atoms with E-state index in [-0.39, 0.29) is 19.4 Å². The van der Waals surface area contributed by atoms with Crippen molar-refractivity contribution in [2.24, 2.45) is 0 Å². The van der Waals surface area contributed by atoms with Gasteiger partial charge in [-0.3, -0.25) is 14.1 Å².